The molecule has 0 spiro atoms. The Balaban J connectivity index is 2.50. The molecule has 2 unspecified atom stereocenters. The van der Waals surface area contributed by atoms with Crippen molar-refractivity contribution in [3.8, 4) is 0 Å². The maximum absolute atomic E-state index is 11.2. The molecule has 0 bridgehead atoms. The molecule has 0 N–H and O–H groups in total. The quantitative estimate of drug-likeness (QED) is 0.421. The van der Waals surface area contributed by atoms with Gasteiger partial charge in [0, 0.05) is 6.16 Å². The molecule has 1 aliphatic heterocycles. The Labute approximate surface area is 49.6 Å². The fourth-order valence-corrected chi connectivity index (χ4v) is 1.69. The lowest BCUT2D eigenvalue weighted by atomic mass is 11.0. The normalized spacial score (nSPS) is 34.0. The lowest BCUT2D eigenvalue weighted by Crippen LogP contribution is -1.89. The van der Waals surface area contributed by atoms with Crippen LogP contribution < -0.4 is 0 Å². The van der Waals surface area contributed by atoms with Gasteiger partial charge in [0.1, 0.15) is 13.0 Å². The molecule has 0 aromatic heterocycles. The van der Waals surface area contributed by atoms with Crippen LogP contribution in [-0.4, -0.2) is 25.3 Å². The van der Waals surface area contributed by atoms with Crippen LogP contribution in [0.25, 0.3) is 0 Å². The smallest absolute Gasteiger partial charge is 0.133 e. The van der Waals surface area contributed by atoms with Crippen molar-refractivity contribution in [2.45, 2.75) is 12.8 Å². The van der Waals surface area contributed by atoms with Crippen LogP contribution in [0.4, 0.5) is 0 Å². The predicted octanol–water partition coefficient (Wildman–Crippen LogP) is 1.36. The zero-order chi connectivity index (χ0) is 6.20. The van der Waals surface area contributed by atoms with E-state index in [9.17, 15) is 4.57 Å². The van der Waals surface area contributed by atoms with E-state index in [2.05, 4.69) is 0 Å². The molecule has 1 fully saturated rings. The standard InChI is InChI=1S/C5H11O2P/c1-3-8(2,6)5-4-7-5/h5H,3-4H2,1-2H3. The average molecular weight is 134 g/mol. The van der Waals surface area contributed by atoms with E-state index in [0.29, 0.717) is 0 Å². The van der Waals surface area contributed by atoms with E-state index in [1.165, 1.54) is 0 Å². The maximum Gasteiger partial charge on any atom is 0.133 e. The van der Waals surface area contributed by atoms with Gasteiger partial charge in [-0.2, -0.15) is 0 Å². The van der Waals surface area contributed by atoms with Crippen LogP contribution in [0.3, 0.4) is 0 Å². The van der Waals surface area contributed by atoms with Crippen LogP contribution in [0.1, 0.15) is 6.92 Å². The minimum Gasteiger partial charge on any atom is -0.365 e. The second-order valence-electron chi connectivity index (χ2n) is 2.28. The summed E-state index contributed by atoms with van der Waals surface area (Å²) < 4.78 is 16.1. The van der Waals surface area contributed by atoms with Gasteiger partial charge in [-0.05, 0) is 6.66 Å². The molecule has 1 rings (SSSR count). The first-order chi connectivity index (χ1) is 3.67. The average Bonchev–Trinajstić information content (AvgIpc) is 2.44. The molecular weight excluding hydrogens is 123 g/mol. The maximum atomic E-state index is 11.2. The third-order valence-electron chi connectivity index (χ3n) is 1.55. The summed E-state index contributed by atoms with van der Waals surface area (Å²) in [6, 6.07) is 0. The third kappa shape index (κ3) is 1.12. The van der Waals surface area contributed by atoms with Crippen LogP contribution in [0.2, 0.25) is 0 Å². The van der Waals surface area contributed by atoms with Crippen molar-refractivity contribution in [2.75, 3.05) is 19.4 Å². The molecule has 8 heavy (non-hydrogen) atoms. The van der Waals surface area contributed by atoms with E-state index in [0.717, 1.165) is 12.8 Å². The highest BCUT2D eigenvalue weighted by Crippen LogP contribution is 2.52. The zero-order valence-electron chi connectivity index (χ0n) is 5.26. The highest BCUT2D eigenvalue weighted by molar-refractivity contribution is 7.63. The molecule has 0 aromatic carbocycles. The van der Waals surface area contributed by atoms with Crippen molar-refractivity contribution in [1.29, 1.82) is 0 Å². The molecule has 0 amide bonds. The van der Waals surface area contributed by atoms with Crippen molar-refractivity contribution >= 4 is 7.14 Å². The van der Waals surface area contributed by atoms with Gasteiger partial charge >= 0.3 is 0 Å². The Morgan fingerprint density at radius 2 is 2.38 bits per heavy atom. The first kappa shape index (κ1) is 6.31. The van der Waals surface area contributed by atoms with E-state index in [-0.39, 0.29) is 5.85 Å². The Kier molecular flexibility index (Phi) is 1.46. The highest BCUT2D eigenvalue weighted by atomic mass is 31.2. The van der Waals surface area contributed by atoms with Gasteiger partial charge in [0.15, 0.2) is 0 Å². The number of ether oxygens (including phenoxy) is 1. The van der Waals surface area contributed by atoms with Crippen LogP contribution in [0, 0.1) is 0 Å². The van der Waals surface area contributed by atoms with Crippen molar-refractivity contribution in [3.05, 3.63) is 0 Å². The second kappa shape index (κ2) is 1.85. The number of hydrogen-bond donors (Lipinski definition) is 0. The monoisotopic (exact) mass is 134 g/mol. The SMILES string of the molecule is CCP(C)(=O)C1CO1. The molecule has 0 radical (unpaired) electrons. The summed E-state index contributed by atoms with van der Waals surface area (Å²) in [6.07, 6.45) is 0.775. The van der Waals surface area contributed by atoms with E-state index in [4.69, 9.17) is 4.74 Å². The topological polar surface area (TPSA) is 29.6 Å². The van der Waals surface area contributed by atoms with Crippen LogP contribution in [0.15, 0.2) is 0 Å². The van der Waals surface area contributed by atoms with E-state index in [1.54, 1.807) is 0 Å². The molecule has 3 heteroatoms. The van der Waals surface area contributed by atoms with Gasteiger partial charge < -0.3 is 9.30 Å². The Morgan fingerprint density at radius 3 is 2.50 bits per heavy atom. The summed E-state index contributed by atoms with van der Waals surface area (Å²) in [5.74, 6) is 0.118. The first-order valence-electron chi connectivity index (χ1n) is 2.84. The largest absolute Gasteiger partial charge is 0.365 e. The molecule has 1 heterocycles. The number of rotatable bonds is 2. The molecule has 2 nitrogen and oxygen atoms in total. The van der Waals surface area contributed by atoms with Crippen molar-refractivity contribution in [2.24, 2.45) is 0 Å². The Hall–Kier alpha value is 0.190. The van der Waals surface area contributed by atoms with Crippen LogP contribution >= 0.6 is 7.14 Å². The van der Waals surface area contributed by atoms with Gasteiger partial charge in [-0.15, -0.1) is 0 Å². The fraction of sp³-hybridized carbons (Fsp3) is 1.00. The summed E-state index contributed by atoms with van der Waals surface area (Å²) >= 11 is 0. The Bertz CT molecular complexity index is 128. The predicted molar refractivity (Wildman–Crippen MR) is 33.8 cm³/mol. The summed E-state index contributed by atoms with van der Waals surface area (Å²) in [6.45, 7) is 4.48. The van der Waals surface area contributed by atoms with Gasteiger partial charge in [-0.25, -0.2) is 0 Å². The minimum atomic E-state index is -1.86. The van der Waals surface area contributed by atoms with Crippen molar-refractivity contribution < 1.29 is 9.30 Å². The summed E-state index contributed by atoms with van der Waals surface area (Å²) in [5, 5.41) is 0. The highest BCUT2D eigenvalue weighted by Gasteiger charge is 2.37. The lowest BCUT2D eigenvalue weighted by Gasteiger charge is -2.02. The van der Waals surface area contributed by atoms with E-state index >= 15 is 0 Å². The van der Waals surface area contributed by atoms with Crippen molar-refractivity contribution in [3.63, 3.8) is 0 Å². The van der Waals surface area contributed by atoms with Gasteiger partial charge in [-0.1, -0.05) is 6.92 Å². The minimum absolute atomic E-state index is 0.118. The molecule has 0 aliphatic carbocycles. The summed E-state index contributed by atoms with van der Waals surface area (Å²) in [5.41, 5.74) is 0. The van der Waals surface area contributed by atoms with Gasteiger partial charge in [0.2, 0.25) is 0 Å². The van der Waals surface area contributed by atoms with E-state index < -0.39 is 7.14 Å². The molecule has 2 atom stereocenters. The van der Waals surface area contributed by atoms with Gasteiger partial charge in [0.05, 0.1) is 6.61 Å². The van der Waals surface area contributed by atoms with Crippen molar-refractivity contribution in [1.82, 2.24) is 0 Å². The third-order valence-corrected chi connectivity index (χ3v) is 4.33. The summed E-state index contributed by atoms with van der Waals surface area (Å²) in [4.78, 5) is 0. The fourth-order valence-electron chi connectivity index (χ4n) is 0.562. The van der Waals surface area contributed by atoms with Crippen LogP contribution in [0.5, 0.6) is 0 Å². The number of hydrogen-bond acceptors (Lipinski definition) is 2. The second-order valence-corrected chi connectivity index (χ2v) is 5.83. The molecule has 0 saturated carbocycles. The number of epoxide rings is 1. The van der Waals surface area contributed by atoms with Gasteiger partial charge in [0.25, 0.3) is 0 Å². The molecular formula is C5H11O2P. The Morgan fingerprint density at radius 1 is 1.88 bits per heavy atom. The van der Waals surface area contributed by atoms with Crippen LogP contribution in [-0.2, 0) is 9.30 Å². The first-order valence-corrected chi connectivity index (χ1v) is 5.25. The molecule has 48 valence electrons. The van der Waals surface area contributed by atoms with Gasteiger partial charge in [-0.3, -0.25) is 0 Å². The summed E-state index contributed by atoms with van der Waals surface area (Å²) in [7, 11) is -1.86. The molecule has 1 saturated heterocycles. The molecule has 0 aromatic rings. The molecule has 1 aliphatic rings. The van der Waals surface area contributed by atoms with E-state index in [1.807, 2.05) is 13.6 Å². The lowest BCUT2D eigenvalue weighted by molar-refractivity contribution is 0.446. The zero-order valence-corrected chi connectivity index (χ0v) is 6.15.